The van der Waals surface area contributed by atoms with Crippen LogP contribution in [0.1, 0.15) is 103 Å². The van der Waals surface area contributed by atoms with E-state index in [1.54, 1.807) is 0 Å². The third-order valence-electron chi connectivity index (χ3n) is 4.88. The summed E-state index contributed by atoms with van der Waals surface area (Å²) in [6.45, 7) is 2.28. The van der Waals surface area contributed by atoms with Crippen molar-refractivity contribution in [3.63, 3.8) is 0 Å². The second kappa shape index (κ2) is 14.2. The van der Waals surface area contributed by atoms with Crippen molar-refractivity contribution < 1.29 is 9.53 Å². The summed E-state index contributed by atoms with van der Waals surface area (Å²) in [4.78, 5) is 11.0. The monoisotopic (exact) mass is 342 g/mol. The van der Waals surface area contributed by atoms with E-state index < -0.39 is 0 Å². The number of esters is 1. The highest BCUT2D eigenvalue weighted by molar-refractivity contribution is 8.07. The summed E-state index contributed by atoms with van der Waals surface area (Å²) in [5, 5.41) is 1.89. The second-order valence-electron chi connectivity index (χ2n) is 7.01. The first-order chi connectivity index (χ1) is 11.3. The van der Waals surface area contributed by atoms with E-state index in [1.807, 2.05) is 0 Å². The van der Waals surface area contributed by atoms with E-state index >= 15 is 0 Å². The summed E-state index contributed by atoms with van der Waals surface area (Å²) in [6.07, 6.45) is 19.7. The molecule has 1 aliphatic rings. The Balaban J connectivity index is 1.76. The Kier molecular flexibility index (Phi) is 12.9. The second-order valence-corrected chi connectivity index (χ2v) is 8.49. The molecule has 0 N–H and O–H groups in total. The average molecular weight is 343 g/mol. The Hall–Kier alpha value is -0.180. The summed E-state index contributed by atoms with van der Waals surface area (Å²) < 4.78 is 4.66. The molecule has 1 aliphatic heterocycles. The van der Waals surface area contributed by atoms with Gasteiger partial charge in [0.25, 0.3) is 0 Å². The SMILES string of the molecule is CCCCCCCCCCCC1SC1CCCCCC(=O)OC. The van der Waals surface area contributed by atoms with Crippen LogP contribution in [-0.4, -0.2) is 23.6 Å². The van der Waals surface area contributed by atoms with Gasteiger partial charge in [-0.25, -0.2) is 0 Å². The van der Waals surface area contributed by atoms with Gasteiger partial charge in [0.2, 0.25) is 0 Å². The molecule has 2 nitrogen and oxygen atoms in total. The van der Waals surface area contributed by atoms with Crippen LogP contribution >= 0.6 is 11.8 Å². The molecule has 1 heterocycles. The van der Waals surface area contributed by atoms with E-state index in [0.29, 0.717) is 6.42 Å². The van der Waals surface area contributed by atoms with Crippen molar-refractivity contribution in [2.75, 3.05) is 7.11 Å². The highest BCUT2D eigenvalue weighted by Crippen LogP contribution is 2.47. The van der Waals surface area contributed by atoms with Crippen LogP contribution in [0.2, 0.25) is 0 Å². The van der Waals surface area contributed by atoms with Gasteiger partial charge in [-0.15, -0.1) is 0 Å². The van der Waals surface area contributed by atoms with Crippen LogP contribution in [0.4, 0.5) is 0 Å². The Morgan fingerprint density at radius 3 is 1.78 bits per heavy atom. The lowest BCUT2D eigenvalue weighted by atomic mass is 10.0. The van der Waals surface area contributed by atoms with Crippen molar-refractivity contribution >= 4 is 17.7 Å². The third-order valence-corrected chi connectivity index (χ3v) is 6.39. The van der Waals surface area contributed by atoms with E-state index in [4.69, 9.17) is 0 Å². The molecule has 0 aromatic carbocycles. The molecule has 0 aromatic heterocycles. The number of ether oxygens (including phenoxy) is 1. The molecule has 2 unspecified atom stereocenters. The van der Waals surface area contributed by atoms with E-state index in [-0.39, 0.29) is 5.97 Å². The highest BCUT2D eigenvalue weighted by Gasteiger charge is 2.36. The Bertz CT molecular complexity index is 293. The fourth-order valence-electron chi connectivity index (χ4n) is 3.24. The van der Waals surface area contributed by atoms with Gasteiger partial charge in [0.1, 0.15) is 0 Å². The molecule has 0 spiro atoms. The Labute approximate surface area is 148 Å². The molecule has 0 bridgehead atoms. The quantitative estimate of drug-likeness (QED) is 0.181. The molecule has 1 rings (SSSR count). The van der Waals surface area contributed by atoms with Gasteiger partial charge in [0.15, 0.2) is 0 Å². The zero-order valence-electron chi connectivity index (χ0n) is 15.5. The van der Waals surface area contributed by atoms with Crippen molar-refractivity contribution in [3.05, 3.63) is 0 Å². The van der Waals surface area contributed by atoms with Gasteiger partial charge in [0, 0.05) is 16.9 Å². The molecule has 0 aliphatic carbocycles. The maximum Gasteiger partial charge on any atom is 0.305 e. The molecule has 0 saturated carbocycles. The zero-order chi connectivity index (χ0) is 16.8. The number of hydrogen-bond donors (Lipinski definition) is 0. The number of methoxy groups -OCH3 is 1. The number of carbonyl (C=O) groups excluding carboxylic acids is 1. The normalized spacial score (nSPS) is 19.7. The first kappa shape index (κ1) is 20.9. The van der Waals surface area contributed by atoms with Crippen molar-refractivity contribution in [1.82, 2.24) is 0 Å². The Morgan fingerprint density at radius 1 is 0.783 bits per heavy atom. The maximum atomic E-state index is 11.0. The van der Waals surface area contributed by atoms with Crippen LogP contribution in [-0.2, 0) is 9.53 Å². The van der Waals surface area contributed by atoms with Gasteiger partial charge in [0.05, 0.1) is 7.11 Å². The number of unbranched alkanes of at least 4 members (excludes halogenated alkanes) is 10. The van der Waals surface area contributed by atoms with Gasteiger partial charge >= 0.3 is 5.97 Å². The standard InChI is InChI=1S/C20H38O2S/c1-3-4-5-6-7-8-9-10-12-15-18-19(23-18)16-13-11-14-17-20(21)22-2/h18-19H,3-17H2,1-2H3. The molecule has 0 amide bonds. The third kappa shape index (κ3) is 11.9. The van der Waals surface area contributed by atoms with Gasteiger partial charge in [-0.2, -0.15) is 11.8 Å². The lowest BCUT2D eigenvalue weighted by Crippen LogP contribution is -1.99. The average Bonchev–Trinajstić information content (AvgIpc) is 3.31. The molecule has 0 aromatic rings. The highest BCUT2D eigenvalue weighted by atomic mass is 32.2. The topological polar surface area (TPSA) is 26.3 Å². The number of hydrogen-bond acceptors (Lipinski definition) is 3. The first-order valence-corrected chi connectivity index (χ1v) is 10.9. The predicted molar refractivity (Wildman–Crippen MR) is 102 cm³/mol. The summed E-state index contributed by atoms with van der Waals surface area (Å²) in [6, 6.07) is 0. The molecule has 23 heavy (non-hydrogen) atoms. The summed E-state index contributed by atoms with van der Waals surface area (Å²) in [5.41, 5.74) is 0. The van der Waals surface area contributed by atoms with Crippen LogP contribution in [0.15, 0.2) is 0 Å². The fraction of sp³-hybridized carbons (Fsp3) is 0.950. The molecule has 1 saturated heterocycles. The molecular formula is C20H38O2S. The fourth-order valence-corrected chi connectivity index (χ4v) is 4.47. The van der Waals surface area contributed by atoms with E-state index in [2.05, 4.69) is 23.4 Å². The van der Waals surface area contributed by atoms with E-state index in [0.717, 1.165) is 16.9 Å². The van der Waals surface area contributed by atoms with Crippen molar-refractivity contribution in [2.45, 2.75) is 114 Å². The summed E-state index contributed by atoms with van der Waals surface area (Å²) in [7, 11) is 1.47. The molecule has 1 fully saturated rings. The minimum absolute atomic E-state index is 0.0611. The van der Waals surface area contributed by atoms with E-state index in [1.165, 1.54) is 90.6 Å². The van der Waals surface area contributed by atoms with Gasteiger partial charge in [-0.05, 0) is 19.3 Å². The zero-order valence-corrected chi connectivity index (χ0v) is 16.3. The molecule has 0 radical (unpaired) electrons. The van der Waals surface area contributed by atoms with Gasteiger partial charge in [-0.3, -0.25) is 4.79 Å². The smallest absolute Gasteiger partial charge is 0.305 e. The van der Waals surface area contributed by atoms with Crippen molar-refractivity contribution in [1.29, 1.82) is 0 Å². The number of carbonyl (C=O) groups is 1. The van der Waals surface area contributed by atoms with Crippen molar-refractivity contribution in [2.24, 2.45) is 0 Å². The summed E-state index contributed by atoms with van der Waals surface area (Å²) >= 11 is 2.19. The summed E-state index contributed by atoms with van der Waals surface area (Å²) in [5.74, 6) is -0.0611. The van der Waals surface area contributed by atoms with Crippen molar-refractivity contribution in [3.8, 4) is 0 Å². The largest absolute Gasteiger partial charge is 0.469 e. The van der Waals surface area contributed by atoms with Crippen LogP contribution in [0, 0.1) is 0 Å². The van der Waals surface area contributed by atoms with Crippen LogP contribution in [0.3, 0.4) is 0 Å². The first-order valence-electron chi connectivity index (χ1n) is 10.00. The minimum Gasteiger partial charge on any atom is -0.469 e. The predicted octanol–water partition coefficient (Wildman–Crippen LogP) is 6.51. The molecule has 136 valence electrons. The van der Waals surface area contributed by atoms with Gasteiger partial charge in [-0.1, -0.05) is 77.6 Å². The van der Waals surface area contributed by atoms with Gasteiger partial charge < -0.3 is 4.74 Å². The lowest BCUT2D eigenvalue weighted by Gasteiger charge is -2.02. The molecular weight excluding hydrogens is 304 g/mol. The molecule has 3 heteroatoms. The van der Waals surface area contributed by atoms with E-state index in [9.17, 15) is 4.79 Å². The number of rotatable bonds is 16. The van der Waals surface area contributed by atoms with Crippen LogP contribution in [0.25, 0.3) is 0 Å². The van der Waals surface area contributed by atoms with Crippen LogP contribution in [0.5, 0.6) is 0 Å². The Morgan fingerprint density at radius 2 is 1.26 bits per heavy atom. The maximum absolute atomic E-state index is 11.0. The lowest BCUT2D eigenvalue weighted by molar-refractivity contribution is -0.140. The van der Waals surface area contributed by atoms with Crippen LogP contribution < -0.4 is 0 Å². The molecule has 2 atom stereocenters. The number of thioether (sulfide) groups is 1. The minimum atomic E-state index is -0.0611.